The van der Waals surface area contributed by atoms with Crippen LogP contribution in [0.2, 0.25) is 0 Å². The van der Waals surface area contributed by atoms with E-state index in [0.29, 0.717) is 11.5 Å². The minimum Gasteiger partial charge on any atom is -0.358 e. The number of halogens is 1. The van der Waals surface area contributed by atoms with Gasteiger partial charge in [0.15, 0.2) is 5.82 Å². The van der Waals surface area contributed by atoms with Crippen LogP contribution in [0.1, 0.15) is 5.82 Å². The number of carbonyl (C=O) groups excluding carboxylic acids is 1. The first-order valence-corrected chi connectivity index (χ1v) is 6.44. The molecule has 0 aliphatic heterocycles. The number of anilines is 1. The Hall–Kier alpha value is -2.97. The van der Waals surface area contributed by atoms with Gasteiger partial charge >= 0.3 is 11.8 Å². The van der Waals surface area contributed by atoms with Crippen LogP contribution in [0, 0.1) is 22.9 Å². The molecule has 2 rings (SSSR count). The van der Waals surface area contributed by atoms with Crippen molar-refractivity contribution in [2.75, 3.05) is 11.9 Å². The second-order valence-electron chi connectivity index (χ2n) is 4.46. The zero-order chi connectivity index (χ0) is 16.1. The molecule has 0 saturated carbocycles. The Bertz CT molecular complexity index is 701. The Balaban J connectivity index is 1.87. The predicted octanol–water partition coefficient (Wildman–Crippen LogP) is 2.06. The molecule has 2 N–H and O–H groups in total. The van der Waals surface area contributed by atoms with Crippen LogP contribution in [0.4, 0.5) is 20.7 Å². The van der Waals surface area contributed by atoms with Gasteiger partial charge in [-0.25, -0.2) is 18.7 Å². The fourth-order valence-electron chi connectivity index (χ4n) is 1.90. The summed E-state index contributed by atoms with van der Waals surface area (Å²) < 4.78 is 14.4. The zero-order valence-corrected chi connectivity index (χ0v) is 11.7. The highest BCUT2D eigenvalue weighted by Crippen LogP contribution is 2.12. The lowest BCUT2D eigenvalue weighted by atomic mass is 10.3. The molecule has 1 aromatic heterocycles. The summed E-state index contributed by atoms with van der Waals surface area (Å²) in [6.07, 6.45) is 1.17. The number of amides is 2. The Morgan fingerprint density at radius 1 is 1.50 bits per heavy atom. The third-order valence-corrected chi connectivity index (χ3v) is 2.92. The number of aryl methyl sites for hydroxylation is 1. The number of nitrogens with zero attached hydrogens (tertiary/aromatic N) is 3. The second kappa shape index (κ2) is 6.66. The smallest absolute Gasteiger partial charge is 0.342 e. The van der Waals surface area contributed by atoms with E-state index in [1.807, 2.05) is 0 Å². The van der Waals surface area contributed by atoms with E-state index in [-0.39, 0.29) is 18.9 Å². The SMILES string of the molecule is Cc1ncc([N+](=O)[O-])n1CCNC(=O)Nc1cccc(F)c1. The first kappa shape index (κ1) is 15.4. The lowest BCUT2D eigenvalue weighted by Crippen LogP contribution is -2.31. The van der Waals surface area contributed by atoms with E-state index in [9.17, 15) is 19.3 Å². The van der Waals surface area contributed by atoms with Gasteiger partial charge in [-0.05, 0) is 23.1 Å². The lowest BCUT2D eigenvalue weighted by Gasteiger charge is -2.07. The Morgan fingerprint density at radius 3 is 2.95 bits per heavy atom. The number of nitrogens with one attached hydrogen (secondary N) is 2. The molecular weight excluding hydrogens is 293 g/mol. The highest BCUT2D eigenvalue weighted by molar-refractivity contribution is 5.89. The maximum absolute atomic E-state index is 13.0. The molecule has 116 valence electrons. The third kappa shape index (κ3) is 3.78. The number of rotatable bonds is 5. The van der Waals surface area contributed by atoms with Crippen molar-refractivity contribution in [1.29, 1.82) is 0 Å². The van der Waals surface area contributed by atoms with Crippen LogP contribution in [0.3, 0.4) is 0 Å². The average molecular weight is 307 g/mol. The summed E-state index contributed by atoms with van der Waals surface area (Å²) in [6, 6.07) is 4.96. The molecule has 1 aromatic carbocycles. The van der Waals surface area contributed by atoms with Crippen LogP contribution < -0.4 is 10.6 Å². The average Bonchev–Trinajstić information content (AvgIpc) is 2.80. The Labute approximate surface area is 125 Å². The van der Waals surface area contributed by atoms with Gasteiger partial charge in [0.1, 0.15) is 18.6 Å². The molecular formula is C13H14FN5O3. The van der Waals surface area contributed by atoms with E-state index in [1.165, 1.54) is 29.0 Å². The van der Waals surface area contributed by atoms with Crippen molar-refractivity contribution in [3.8, 4) is 0 Å². The number of carbonyl (C=O) groups is 1. The summed E-state index contributed by atoms with van der Waals surface area (Å²) in [5.41, 5.74) is 0.322. The van der Waals surface area contributed by atoms with Gasteiger partial charge in [0.25, 0.3) is 0 Å². The molecule has 22 heavy (non-hydrogen) atoms. The molecule has 9 heteroatoms. The molecule has 0 atom stereocenters. The number of imidazole rings is 1. The number of benzene rings is 1. The summed E-state index contributed by atoms with van der Waals surface area (Å²) >= 11 is 0. The highest BCUT2D eigenvalue weighted by atomic mass is 19.1. The minimum atomic E-state index is -0.535. The monoisotopic (exact) mass is 307 g/mol. The van der Waals surface area contributed by atoms with E-state index in [1.54, 1.807) is 13.0 Å². The summed E-state index contributed by atoms with van der Waals surface area (Å²) in [5, 5.41) is 15.8. The molecule has 0 unspecified atom stereocenters. The van der Waals surface area contributed by atoms with Crippen LogP contribution in [0.15, 0.2) is 30.5 Å². The summed E-state index contributed by atoms with van der Waals surface area (Å²) in [6.45, 7) is 2.01. The van der Waals surface area contributed by atoms with Gasteiger partial charge in [0.2, 0.25) is 0 Å². The molecule has 0 radical (unpaired) electrons. The van der Waals surface area contributed by atoms with Crippen molar-refractivity contribution in [3.05, 3.63) is 52.2 Å². The molecule has 8 nitrogen and oxygen atoms in total. The molecule has 0 fully saturated rings. The first-order valence-electron chi connectivity index (χ1n) is 6.44. The van der Waals surface area contributed by atoms with Crippen molar-refractivity contribution in [1.82, 2.24) is 14.9 Å². The molecule has 0 saturated heterocycles. The molecule has 0 bridgehead atoms. The van der Waals surface area contributed by atoms with Gasteiger partial charge in [-0.3, -0.25) is 0 Å². The summed E-state index contributed by atoms with van der Waals surface area (Å²) in [7, 11) is 0. The van der Waals surface area contributed by atoms with Crippen molar-refractivity contribution in [3.63, 3.8) is 0 Å². The standard InChI is InChI=1S/C13H14FN5O3/c1-9-16-8-12(19(21)22)18(9)6-5-15-13(20)17-11-4-2-3-10(14)7-11/h2-4,7-8H,5-6H2,1H3,(H2,15,17,20). The van der Waals surface area contributed by atoms with Gasteiger partial charge in [-0.1, -0.05) is 6.07 Å². The Kier molecular flexibility index (Phi) is 4.66. The Morgan fingerprint density at radius 2 is 2.27 bits per heavy atom. The molecule has 0 aliphatic rings. The third-order valence-electron chi connectivity index (χ3n) is 2.92. The van der Waals surface area contributed by atoms with Gasteiger partial charge in [-0.15, -0.1) is 0 Å². The topological polar surface area (TPSA) is 102 Å². The van der Waals surface area contributed by atoms with Crippen molar-refractivity contribution < 1.29 is 14.1 Å². The van der Waals surface area contributed by atoms with Crippen molar-refractivity contribution >= 4 is 17.5 Å². The van der Waals surface area contributed by atoms with Crippen LogP contribution in [0.25, 0.3) is 0 Å². The van der Waals surface area contributed by atoms with Crippen LogP contribution in [-0.4, -0.2) is 27.1 Å². The first-order chi connectivity index (χ1) is 10.5. The van der Waals surface area contributed by atoms with Crippen LogP contribution >= 0.6 is 0 Å². The van der Waals surface area contributed by atoms with E-state index < -0.39 is 16.8 Å². The van der Waals surface area contributed by atoms with E-state index in [4.69, 9.17) is 0 Å². The molecule has 0 spiro atoms. The summed E-state index contributed by atoms with van der Waals surface area (Å²) in [4.78, 5) is 25.8. The normalized spacial score (nSPS) is 10.3. The quantitative estimate of drug-likeness (QED) is 0.652. The van der Waals surface area contributed by atoms with Gasteiger partial charge in [0, 0.05) is 12.6 Å². The second-order valence-corrected chi connectivity index (χ2v) is 4.46. The highest BCUT2D eigenvalue weighted by Gasteiger charge is 2.16. The fourth-order valence-corrected chi connectivity index (χ4v) is 1.90. The minimum absolute atomic E-state index is 0.134. The number of nitro groups is 1. The van der Waals surface area contributed by atoms with Gasteiger partial charge < -0.3 is 20.7 Å². The van der Waals surface area contributed by atoms with E-state index in [0.717, 1.165) is 0 Å². The molecule has 2 amide bonds. The number of hydrogen-bond acceptors (Lipinski definition) is 4. The number of urea groups is 1. The molecule has 2 aromatic rings. The maximum Gasteiger partial charge on any atom is 0.342 e. The predicted molar refractivity (Wildman–Crippen MR) is 77.0 cm³/mol. The van der Waals surface area contributed by atoms with Crippen molar-refractivity contribution in [2.24, 2.45) is 0 Å². The van der Waals surface area contributed by atoms with Gasteiger partial charge in [0.05, 0.1) is 6.54 Å². The van der Waals surface area contributed by atoms with Crippen LogP contribution in [0.5, 0.6) is 0 Å². The number of aromatic nitrogens is 2. The largest absolute Gasteiger partial charge is 0.358 e. The molecule has 0 aliphatic carbocycles. The number of hydrogen-bond donors (Lipinski definition) is 2. The summed E-state index contributed by atoms with van der Waals surface area (Å²) in [5.74, 6) is -0.105. The van der Waals surface area contributed by atoms with Crippen molar-refractivity contribution in [2.45, 2.75) is 13.5 Å². The van der Waals surface area contributed by atoms with Crippen LogP contribution in [-0.2, 0) is 6.54 Å². The lowest BCUT2D eigenvalue weighted by molar-refractivity contribution is -0.392. The zero-order valence-electron chi connectivity index (χ0n) is 11.7. The van der Waals surface area contributed by atoms with E-state index >= 15 is 0 Å². The maximum atomic E-state index is 13.0. The van der Waals surface area contributed by atoms with E-state index in [2.05, 4.69) is 15.6 Å². The fraction of sp³-hybridized carbons (Fsp3) is 0.231. The van der Waals surface area contributed by atoms with Gasteiger partial charge in [-0.2, -0.15) is 0 Å². The molecule has 1 heterocycles.